The molecule has 0 fully saturated rings. The first kappa shape index (κ1) is 17.5. The van der Waals surface area contributed by atoms with Crippen molar-refractivity contribution >= 4 is 16.9 Å². The van der Waals surface area contributed by atoms with Crippen molar-refractivity contribution in [2.75, 3.05) is 6.61 Å². The molecule has 0 spiro atoms. The number of aromatic nitrogens is 2. The van der Waals surface area contributed by atoms with Crippen LogP contribution in [0, 0.1) is 0 Å². The maximum absolute atomic E-state index is 11.9. The molecule has 4 rings (SSSR count). The fraction of sp³-hybridized carbons (Fsp3) is 0.0952. The monoisotopic (exact) mass is 376 g/mol. The lowest BCUT2D eigenvalue weighted by Gasteiger charge is -2.08. The average molecular weight is 376 g/mol. The highest BCUT2D eigenvalue weighted by atomic mass is 16.6. The molecule has 2 heterocycles. The first-order chi connectivity index (χ1) is 13.7. The lowest BCUT2D eigenvalue weighted by atomic mass is 10.2. The summed E-state index contributed by atoms with van der Waals surface area (Å²) in [5, 5.41) is 4.93. The highest BCUT2D eigenvalue weighted by molar-refractivity contribution is 5.78. The molecule has 7 nitrogen and oxygen atoms in total. The molecule has 2 aromatic heterocycles. The largest absolute Gasteiger partial charge is 0.482 e. The van der Waals surface area contributed by atoms with E-state index in [1.54, 1.807) is 35.1 Å². The third kappa shape index (κ3) is 4.09. The molecule has 0 amide bonds. The van der Waals surface area contributed by atoms with Crippen molar-refractivity contribution < 1.29 is 18.7 Å². The Hall–Kier alpha value is -3.87. The van der Waals surface area contributed by atoms with Gasteiger partial charge in [0.05, 0.1) is 5.69 Å². The van der Waals surface area contributed by atoms with Crippen LogP contribution in [0.4, 0.5) is 0 Å². The van der Waals surface area contributed by atoms with Crippen LogP contribution in [-0.4, -0.2) is 22.4 Å². The van der Waals surface area contributed by atoms with Gasteiger partial charge in [0.15, 0.2) is 6.61 Å². The number of hydrogen-bond donors (Lipinski definition) is 0. The third-order valence-electron chi connectivity index (χ3n) is 4.06. The van der Waals surface area contributed by atoms with Crippen molar-refractivity contribution in [1.82, 2.24) is 9.78 Å². The van der Waals surface area contributed by atoms with Crippen LogP contribution in [0.2, 0.25) is 0 Å². The van der Waals surface area contributed by atoms with E-state index in [0.717, 1.165) is 16.6 Å². The summed E-state index contributed by atoms with van der Waals surface area (Å²) in [5.74, 6) is -0.0758. The van der Waals surface area contributed by atoms with Gasteiger partial charge in [-0.2, -0.15) is 5.10 Å². The number of hydrogen-bond acceptors (Lipinski definition) is 6. The van der Waals surface area contributed by atoms with Crippen molar-refractivity contribution in [2.24, 2.45) is 0 Å². The summed E-state index contributed by atoms with van der Waals surface area (Å²) in [7, 11) is 0. The van der Waals surface area contributed by atoms with Crippen LogP contribution in [0.15, 0.2) is 82.3 Å². The van der Waals surface area contributed by atoms with Crippen molar-refractivity contribution in [1.29, 1.82) is 0 Å². The molecule has 2 aromatic carbocycles. The quantitative estimate of drug-likeness (QED) is 0.380. The molecule has 0 unspecified atom stereocenters. The predicted molar refractivity (Wildman–Crippen MR) is 101 cm³/mol. The van der Waals surface area contributed by atoms with Gasteiger partial charge in [-0.25, -0.2) is 14.3 Å². The van der Waals surface area contributed by atoms with Crippen LogP contribution in [0.1, 0.15) is 5.56 Å². The summed E-state index contributed by atoms with van der Waals surface area (Å²) in [6.07, 6.45) is 3.56. The number of esters is 1. The van der Waals surface area contributed by atoms with E-state index < -0.39 is 11.6 Å². The van der Waals surface area contributed by atoms with Crippen LogP contribution >= 0.6 is 0 Å². The first-order valence-corrected chi connectivity index (χ1v) is 8.59. The number of nitrogens with zero attached hydrogens (tertiary/aromatic N) is 2. The van der Waals surface area contributed by atoms with Gasteiger partial charge in [-0.05, 0) is 42.0 Å². The van der Waals surface area contributed by atoms with Gasteiger partial charge in [0.2, 0.25) is 0 Å². The average Bonchev–Trinajstić information content (AvgIpc) is 3.25. The summed E-state index contributed by atoms with van der Waals surface area (Å²) in [6, 6.07) is 17.4. The van der Waals surface area contributed by atoms with Crippen molar-refractivity contribution in [2.45, 2.75) is 6.61 Å². The zero-order valence-electron chi connectivity index (χ0n) is 14.8. The van der Waals surface area contributed by atoms with E-state index >= 15 is 0 Å². The van der Waals surface area contributed by atoms with E-state index in [-0.39, 0.29) is 13.2 Å². The number of ether oxygens (including phenoxy) is 2. The van der Waals surface area contributed by atoms with Gasteiger partial charge < -0.3 is 13.9 Å². The lowest BCUT2D eigenvalue weighted by Crippen LogP contribution is -2.14. The molecule has 4 aromatic rings. The van der Waals surface area contributed by atoms with Gasteiger partial charge in [-0.15, -0.1) is 0 Å². The second-order valence-electron chi connectivity index (χ2n) is 6.02. The Bertz CT molecular complexity index is 1150. The smallest absolute Gasteiger partial charge is 0.344 e. The predicted octanol–water partition coefficient (Wildman–Crippen LogP) is 3.10. The molecule has 0 atom stereocenters. The van der Waals surface area contributed by atoms with Gasteiger partial charge in [0.1, 0.15) is 17.9 Å². The second-order valence-corrected chi connectivity index (χ2v) is 6.02. The number of carbonyl (C=O) groups excluding carboxylic acids is 1. The number of benzene rings is 2. The molecule has 0 saturated carbocycles. The Labute approximate surface area is 159 Å². The molecule has 140 valence electrons. The molecule has 0 radical (unpaired) electrons. The molecule has 0 aliphatic heterocycles. The molecule has 7 heteroatoms. The molecule has 0 bridgehead atoms. The second kappa shape index (κ2) is 7.79. The van der Waals surface area contributed by atoms with Crippen LogP contribution in [0.3, 0.4) is 0 Å². The highest BCUT2D eigenvalue weighted by Gasteiger charge is 2.07. The highest BCUT2D eigenvalue weighted by Crippen LogP contribution is 2.19. The summed E-state index contributed by atoms with van der Waals surface area (Å²) in [4.78, 5) is 23.2. The number of carbonyl (C=O) groups is 1. The molecule has 0 aliphatic carbocycles. The number of fused-ring (bicyclic) bond motifs is 1. The minimum absolute atomic E-state index is 0.147. The standard InChI is InChI=1S/C21H16N2O5/c24-20-9-5-16-4-8-18(12-19(16)28-20)26-14-21(25)27-13-15-2-6-17(7-3-15)23-11-1-10-22-23/h1-12H,13-14H2. The minimum Gasteiger partial charge on any atom is -0.482 e. The summed E-state index contributed by atoms with van der Waals surface area (Å²) >= 11 is 0. The van der Waals surface area contributed by atoms with E-state index in [9.17, 15) is 9.59 Å². The molecular weight excluding hydrogens is 360 g/mol. The Morgan fingerprint density at radius 2 is 1.89 bits per heavy atom. The van der Waals surface area contributed by atoms with Crippen LogP contribution < -0.4 is 10.4 Å². The van der Waals surface area contributed by atoms with Crippen LogP contribution in [-0.2, 0) is 16.1 Å². The Morgan fingerprint density at radius 3 is 2.68 bits per heavy atom. The fourth-order valence-electron chi connectivity index (χ4n) is 2.64. The molecule has 0 aliphatic rings. The topological polar surface area (TPSA) is 83.6 Å². The third-order valence-corrected chi connectivity index (χ3v) is 4.06. The molecule has 0 N–H and O–H groups in total. The molecular formula is C21H16N2O5. The molecule has 28 heavy (non-hydrogen) atoms. The van der Waals surface area contributed by atoms with E-state index in [4.69, 9.17) is 13.9 Å². The summed E-state index contributed by atoms with van der Waals surface area (Å²) in [6.45, 7) is -0.0951. The summed E-state index contributed by atoms with van der Waals surface area (Å²) < 4.78 is 17.5. The van der Waals surface area contributed by atoms with E-state index in [1.807, 2.05) is 36.5 Å². The van der Waals surface area contributed by atoms with Gasteiger partial charge in [-0.3, -0.25) is 0 Å². The van der Waals surface area contributed by atoms with Crippen LogP contribution in [0.25, 0.3) is 16.7 Å². The SMILES string of the molecule is O=C(COc1ccc2ccc(=O)oc2c1)OCc1ccc(-n2cccn2)cc1. The molecule has 0 saturated heterocycles. The maximum atomic E-state index is 11.9. The zero-order chi connectivity index (χ0) is 19.3. The van der Waals surface area contributed by atoms with Gasteiger partial charge in [-0.1, -0.05) is 12.1 Å². The number of rotatable bonds is 6. The van der Waals surface area contributed by atoms with Crippen molar-refractivity contribution in [3.05, 3.63) is 89.0 Å². The van der Waals surface area contributed by atoms with Crippen molar-refractivity contribution in [3.63, 3.8) is 0 Å². The van der Waals surface area contributed by atoms with Gasteiger partial charge >= 0.3 is 11.6 Å². The normalized spacial score (nSPS) is 10.7. The Kier molecular flexibility index (Phi) is 4.88. The first-order valence-electron chi connectivity index (χ1n) is 8.59. The minimum atomic E-state index is -0.495. The van der Waals surface area contributed by atoms with Gasteiger partial charge in [0.25, 0.3) is 0 Å². The Morgan fingerprint density at radius 1 is 1.07 bits per heavy atom. The Balaban J connectivity index is 1.30. The van der Waals surface area contributed by atoms with Crippen LogP contribution in [0.5, 0.6) is 5.75 Å². The van der Waals surface area contributed by atoms with E-state index in [2.05, 4.69) is 5.10 Å². The zero-order valence-corrected chi connectivity index (χ0v) is 14.8. The van der Waals surface area contributed by atoms with Crippen molar-refractivity contribution in [3.8, 4) is 11.4 Å². The van der Waals surface area contributed by atoms with E-state index in [1.165, 1.54) is 6.07 Å². The maximum Gasteiger partial charge on any atom is 0.344 e. The summed E-state index contributed by atoms with van der Waals surface area (Å²) in [5.41, 5.74) is 1.74. The van der Waals surface area contributed by atoms with E-state index in [0.29, 0.717) is 11.3 Å². The lowest BCUT2D eigenvalue weighted by molar-refractivity contribution is -0.147. The van der Waals surface area contributed by atoms with Gasteiger partial charge in [0, 0.05) is 29.9 Å². The fourth-order valence-corrected chi connectivity index (χ4v) is 2.64.